The zero-order valence-corrected chi connectivity index (χ0v) is 9.06. The van der Waals surface area contributed by atoms with Crippen LogP contribution in [0.15, 0.2) is 5.16 Å². The molecule has 0 aromatic carbocycles. The lowest BCUT2D eigenvalue weighted by atomic mass is 10.6. The number of carbonyl (C=O) groups excluding carboxylic acids is 1. The lowest BCUT2D eigenvalue weighted by Gasteiger charge is -2.21. The summed E-state index contributed by atoms with van der Waals surface area (Å²) in [5, 5.41) is 5.50. The van der Waals surface area contributed by atoms with Crippen molar-refractivity contribution in [3.63, 3.8) is 0 Å². The molecule has 0 saturated carbocycles. The number of amides is 1. The molecule has 0 radical (unpaired) electrons. The maximum Gasteiger partial charge on any atom is 0.433 e. The number of carbonyl (C=O) groups is 1. The SMILES string of the molecule is CNC(=O)O/N=C/C(Cl)(Cl)N(C)C. The lowest BCUT2D eigenvalue weighted by Crippen LogP contribution is -2.34. The molecule has 0 atom stereocenters. The van der Waals surface area contributed by atoms with Gasteiger partial charge in [-0.15, -0.1) is 0 Å². The first-order chi connectivity index (χ1) is 5.90. The monoisotopic (exact) mass is 227 g/mol. The molecule has 0 aliphatic heterocycles. The van der Waals surface area contributed by atoms with Crippen LogP contribution < -0.4 is 5.32 Å². The predicted octanol–water partition coefficient (Wildman–Crippen LogP) is 1.02. The van der Waals surface area contributed by atoms with Crippen molar-refractivity contribution in [2.24, 2.45) is 5.16 Å². The van der Waals surface area contributed by atoms with Crippen molar-refractivity contribution in [1.82, 2.24) is 10.2 Å². The third kappa shape index (κ3) is 4.92. The summed E-state index contributed by atoms with van der Waals surface area (Å²) in [5.41, 5.74) is 0. The first-order valence-corrected chi connectivity index (χ1v) is 4.14. The highest BCUT2D eigenvalue weighted by atomic mass is 35.5. The summed E-state index contributed by atoms with van der Waals surface area (Å²) < 4.78 is -1.28. The molecule has 0 saturated heterocycles. The van der Waals surface area contributed by atoms with Gasteiger partial charge in [0.15, 0.2) is 0 Å². The molecule has 0 heterocycles. The van der Waals surface area contributed by atoms with Gasteiger partial charge < -0.3 is 5.32 Å². The fourth-order valence-electron chi connectivity index (χ4n) is 0.299. The number of hydrogen-bond donors (Lipinski definition) is 1. The van der Waals surface area contributed by atoms with Crippen LogP contribution in [0.1, 0.15) is 0 Å². The number of oxime groups is 1. The number of halogens is 2. The average Bonchev–Trinajstić information content (AvgIpc) is 2.03. The van der Waals surface area contributed by atoms with E-state index in [2.05, 4.69) is 15.3 Å². The molecule has 0 aromatic rings. The highest BCUT2D eigenvalue weighted by Crippen LogP contribution is 2.20. The highest BCUT2D eigenvalue weighted by Gasteiger charge is 2.24. The molecule has 0 unspecified atom stereocenters. The molecule has 5 nitrogen and oxygen atoms in total. The predicted molar refractivity (Wildman–Crippen MR) is 52.2 cm³/mol. The van der Waals surface area contributed by atoms with Crippen LogP contribution in [0.5, 0.6) is 0 Å². The minimum Gasteiger partial charge on any atom is -0.323 e. The van der Waals surface area contributed by atoms with Crippen LogP contribution in [-0.2, 0) is 4.84 Å². The molecule has 0 aliphatic carbocycles. The maximum atomic E-state index is 10.5. The molecule has 76 valence electrons. The van der Waals surface area contributed by atoms with Gasteiger partial charge in [-0.3, -0.25) is 9.74 Å². The summed E-state index contributed by atoms with van der Waals surface area (Å²) >= 11 is 11.5. The van der Waals surface area contributed by atoms with Gasteiger partial charge in [-0.05, 0) is 14.1 Å². The third-order valence-electron chi connectivity index (χ3n) is 1.14. The summed E-state index contributed by atoms with van der Waals surface area (Å²) in [7, 11) is 4.73. The van der Waals surface area contributed by atoms with Crippen molar-refractivity contribution in [1.29, 1.82) is 0 Å². The molecule has 0 bridgehead atoms. The molecule has 0 aliphatic rings. The van der Waals surface area contributed by atoms with Gasteiger partial charge in [-0.2, -0.15) is 0 Å². The normalized spacial score (nSPS) is 12.2. The van der Waals surface area contributed by atoms with E-state index in [4.69, 9.17) is 23.2 Å². The van der Waals surface area contributed by atoms with Crippen molar-refractivity contribution in [2.75, 3.05) is 21.1 Å². The standard InChI is InChI=1S/C6H11Cl2N3O2/c1-9-5(12)13-10-4-6(7,8)11(2)3/h4H,1-3H3,(H,9,12)/b10-4+. The number of alkyl halides is 2. The van der Waals surface area contributed by atoms with E-state index in [1.165, 1.54) is 11.9 Å². The van der Waals surface area contributed by atoms with E-state index < -0.39 is 10.6 Å². The van der Waals surface area contributed by atoms with E-state index >= 15 is 0 Å². The second-order valence-corrected chi connectivity index (χ2v) is 3.69. The van der Waals surface area contributed by atoms with Crippen LogP contribution in [0.2, 0.25) is 0 Å². The molecular formula is C6H11Cl2N3O2. The number of hydrogen-bond acceptors (Lipinski definition) is 4. The van der Waals surface area contributed by atoms with Crippen molar-refractivity contribution < 1.29 is 9.63 Å². The second kappa shape index (κ2) is 5.26. The molecule has 0 spiro atoms. The van der Waals surface area contributed by atoms with Crippen molar-refractivity contribution >= 4 is 35.5 Å². The Kier molecular flexibility index (Phi) is 5.05. The second-order valence-electron chi connectivity index (χ2n) is 2.35. The smallest absolute Gasteiger partial charge is 0.323 e. The quantitative estimate of drug-likeness (QED) is 0.258. The van der Waals surface area contributed by atoms with E-state index in [0.29, 0.717) is 0 Å². The zero-order chi connectivity index (χ0) is 10.5. The van der Waals surface area contributed by atoms with Crippen LogP contribution >= 0.6 is 23.2 Å². The first-order valence-electron chi connectivity index (χ1n) is 3.38. The largest absolute Gasteiger partial charge is 0.433 e. The topological polar surface area (TPSA) is 53.9 Å². The average molecular weight is 228 g/mol. The van der Waals surface area contributed by atoms with E-state index in [1.807, 2.05) is 0 Å². The van der Waals surface area contributed by atoms with Crippen molar-refractivity contribution in [3.05, 3.63) is 0 Å². The minimum atomic E-state index is -1.28. The minimum absolute atomic E-state index is 0.681. The van der Waals surface area contributed by atoms with Gasteiger partial charge in [-0.1, -0.05) is 28.4 Å². The van der Waals surface area contributed by atoms with Crippen molar-refractivity contribution in [2.45, 2.75) is 4.46 Å². The van der Waals surface area contributed by atoms with E-state index in [-0.39, 0.29) is 0 Å². The fourth-order valence-corrected chi connectivity index (χ4v) is 0.378. The molecule has 13 heavy (non-hydrogen) atoms. The Morgan fingerprint density at radius 2 is 2.15 bits per heavy atom. The Hall–Kier alpha value is -0.520. The van der Waals surface area contributed by atoms with Crippen LogP contribution in [0.3, 0.4) is 0 Å². The Labute approximate surface area is 86.6 Å². The Morgan fingerprint density at radius 1 is 1.62 bits per heavy atom. The Balaban J connectivity index is 4.04. The summed E-state index contributed by atoms with van der Waals surface area (Å²) in [4.78, 5) is 16.3. The van der Waals surface area contributed by atoms with Gasteiger partial charge >= 0.3 is 6.09 Å². The first kappa shape index (κ1) is 12.5. The van der Waals surface area contributed by atoms with Gasteiger partial charge in [0.2, 0.25) is 4.46 Å². The van der Waals surface area contributed by atoms with E-state index in [9.17, 15) is 4.79 Å². The molecule has 1 N–H and O–H groups in total. The van der Waals surface area contributed by atoms with Crippen LogP contribution in [0.4, 0.5) is 4.79 Å². The summed E-state index contributed by atoms with van der Waals surface area (Å²) in [6.45, 7) is 0. The highest BCUT2D eigenvalue weighted by molar-refractivity contribution is 6.55. The van der Waals surface area contributed by atoms with Gasteiger partial charge in [0.1, 0.15) is 0 Å². The summed E-state index contributed by atoms with van der Waals surface area (Å²) in [5.74, 6) is 0. The molecular weight excluding hydrogens is 217 g/mol. The van der Waals surface area contributed by atoms with Gasteiger partial charge in [-0.25, -0.2) is 4.79 Å². The third-order valence-corrected chi connectivity index (χ3v) is 2.02. The molecule has 1 amide bonds. The van der Waals surface area contributed by atoms with Crippen LogP contribution in [0.25, 0.3) is 0 Å². The van der Waals surface area contributed by atoms with Gasteiger partial charge in [0, 0.05) is 7.05 Å². The van der Waals surface area contributed by atoms with Gasteiger partial charge in [0.05, 0.1) is 6.21 Å². The number of rotatable bonds is 3. The number of nitrogens with zero attached hydrogens (tertiary/aromatic N) is 2. The van der Waals surface area contributed by atoms with Crippen LogP contribution in [0, 0.1) is 0 Å². The molecule has 0 rings (SSSR count). The maximum absolute atomic E-state index is 10.5. The van der Waals surface area contributed by atoms with E-state index in [0.717, 1.165) is 6.21 Å². The van der Waals surface area contributed by atoms with Crippen LogP contribution in [-0.4, -0.2) is 42.8 Å². The molecule has 7 heteroatoms. The van der Waals surface area contributed by atoms with E-state index in [1.54, 1.807) is 14.1 Å². The van der Waals surface area contributed by atoms with Gasteiger partial charge in [0.25, 0.3) is 0 Å². The Bertz CT molecular complexity index is 206. The summed E-state index contributed by atoms with van der Waals surface area (Å²) in [6, 6.07) is 0. The Morgan fingerprint density at radius 3 is 2.54 bits per heavy atom. The van der Waals surface area contributed by atoms with Crippen molar-refractivity contribution in [3.8, 4) is 0 Å². The molecule has 0 aromatic heterocycles. The lowest BCUT2D eigenvalue weighted by molar-refractivity contribution is 0.153. The number of nitrogens with one attached hydrogen (secondary N) is 1. The molecule has 0 fully saturated rings. The summed E-state index contributed by atoms with van der Waals surface area (Å²) in [6.07, 6.45) is 0.421. The fraction of sp³-hybridized carbons (Fsp3) is 0.667. The zero-order valence-electron chi connectivity index (χ0n) is 7.54.